The van der Waals surface area contributed by atoms with Crippen molar-refractivity contribution < 1.29 is 4.79 Å². The van der Waals surface area contributed by atoms with Crippen LogP contribution in [0.25, 0.3) is 0 Å². The molecule has 0 bridgehead atoms. The summed E-state index contributed by atoms with van der Waals surface area (Å²) in [5.41, 5.74) is 7.99. The summed E-state index contributed by atoms with van der Waals surface area (Å²) in [5, 5.41) is 3.06. The molecule has 1 aromatic rings. The normalized spacial score (nSPS) is 17.7. The van der Waals surface area contributed by atoms with Crippen LogP contribution in [0.2, 0.25) is 0 Å². The lowest BCUT2D eigenvalue weighted by atomic mass is 9.86. The van der Waals surface area contributed by atoms with E-state index >= 15 is 0 Å². The fourth-order valence-electron chi connectivity index (χ4n) is 2.75. The van der Waals surface area contributed by atoms with E-state index in [1.807, 2.05) is 18.2 Å². The molecule has 1 aromatic carbocycles. The first-order chi connectivity index (χ1) is 9.86. The fraction of sp³-hybridized carbons (Fsp3) is 0.588. The molecule has 2 rings (SSSR count). The molecule has 1 fully saturated rings. The van der Waals surface area contributed by atoms with Gasteiger partial charge in [0.1, 0.15) is 0 Å². The first-order valence-electron chi connectivity index (χ1n) is 7.73. The molecule has 116 valence electrons. The lowest BCUT2D eigenvalue weighted by Crippen LogP contribution is -2.43. The summed E-state index contributed by atoms with van der Waals surface area (Å²) in [6.07, 6.45) is 1.96. The van der Waals surface area contributed by atoms with Gasteiger partial charge in [-0.25, -0.2) is 0 Å². The molecule has 1 aliphatic heterocycles. The van der Waals surface area contributed by atoms with E-state index in [1.54, 1.807) is 0 Å². The third-order valence-electron chi connectivity index (χ3n) is 4.01. The van der Waals surface area contributed by atoms with E-state index in [-0.39, 0.29) is 11.3 Å². The second-order valence-electron chi connectivity index (χ2n) is 6.96. The molecule has 0 radical (unpaired) electrons. The van der Waals surface area contributed by atoms with E-state index in [0.29, 0.717) is 12.6 Å². The number of hydrogen-bond donors (Lipinski definition) is 2. The molecule has 0 aromatic heterocycles. The van der Waals surface area contributed by atoms with Gasteiger partial charge in [-0.1, -0.05) is 39.0 Å². The molecule has 0 spiro atoms. The second kappa shape index (κ2) is 6.58. The van der Waals surface area contributed by atoms with Crippen molar-refractivity contribution in [2.24, 2.45) is 5.73 Å². The highest BCUT2D eigenvalue weighted by Crippen LogP contribution is 2.29. The van der Waals surface area contributed by atoms with Crippen molar-refractivity contribution in [3.05, 3.63) is 29.8 Å². The van der Waals surface area contributed by atoms with Crippen LogP contribution in [0.4, 0.5) is 5.69 Å². The Morgan fingerprint density at radius 1 is 1.29 bits per heavy atom. The summed E-state index contributed by atoms with van der Waals surface area (Å²) in [7, 11) is 0. The van der Waals surface area contributed by atoms with Crippen LogP contribution >= 0.6 is 0 Å². The van der Waals surface area contributed by atoms with Gasteiger partial charge in [0.05, 0.1) is 6.54 Å². The maximum Gasteiger partial charge on any atom is 0.238 e. The Morgan fingerprint density at radius 3 is 2.52 bits per heavy atom. The summed E-state index contributed by atoms with van der Waals surface area (Å²) in [6.45, 7) is 8.74. The van der Waals surface area contributed by atoms with Gasteiger partial charge in [0.2, 0.25) is 5.91 Å². The standard InChI is InChI=1S/C17H27N3O/c1-17(2,3)14-6-4-5-7-15(14)19-16(21)12-20-10-8-13(18)9-11-20/h4-7,13H,8-12,18H2,1-3H3,(H,19,21). The Labute approximate surface area is 127 Å². The smallest absolute Gasteiger partial charge is 0.238 e. The second-order valence-corrected chi connectivity index (χ2v) is 6.96. The van der Waals surface area contributed by atoms with Crippen LogP contribution in [-0.2, 0) is 10.2 Å². The Balaban J connectivity index is 1.97. The number of anilines is 1. The highest BCUT2D eigenvalue weighted by atomic mass is 16.2. The summed E-state index contributed by atoms with van der Waals surface area (Å²) in [5.74, 6) is 0.0576. The monoisotopic (exact) mass is 289 g/mol. The third-order valence-corrected chi connectivity index (χ3v) is 4.01. The predicted octanol–water partition coefficient (Wildman–Crippen LogP) is 2.35. The first-order valence-corrected chi connectivity index (χ1v) is 7.73. The molecule has 4 nitrogen and oxygen atoms in total. The van der Waals surface area contributed by atoms with E-state index < -0.39 is 0 Å². The minimum atomic E-state index is 0.0156. The lowest BCUT2D eigenvalue weighted by Gasteiger charge is -2.29. The number of hydrogen-bond acceptors (Lipinski definition) is 3. The quantitative estimate of drug-likeness (QED) is 0.898. The van der Waals surface area contributed by atoms with E-state index in [2.05, 4.69) is 37.1 Å². The molecule has 1 heterocycles. The summed E-state index contributed by atoms with van der Waals surface area (Å²) in [6, 6.07) is 8.33. The number of likely N-dealkylation sites (tertiary alicyclic amines) is 1. The van der Waals surface area contributed by atoms with Gasteiger partial charge in [0.15, 0.2) is 0 Å². The SMILES string of the molecule is CC(C)(C)c1ccccc1NC(=O)CN1CCC(N)CC1. The van der Waals surface area contributed by atoms with Gasteiger partial charge in [-0.05, 0) is 29.9 Å². The number of nitrogens with zero attached hydrogens (tertiary/aromatic N) is 1. The minimum absolute atomic E-state index is 0.0156. The largest absolute Gasteiger partial charge is 0.328 e. The van der Waals surface area contributed by atoms with Gasteiger partial charge in [0, 0.05) is 24.8 Å². The van der Waals surface area contributed by atoms with Gasteiger partial charge >= 0.3 is 0 Å². The zero-order chi connectivity index (χ0) is 15.5. The molecule has 4 heteroatoms. The Hall–Kier alpha value is -1.39. The maximum atomic E-state index is 12.3. The van der Waals surface area contributed by atoms with E-state index in [1.165, 1.54) is 5.56 Å². The van der Waals surface area contributed by atoms with Crippen LogP contribution in [0, 0.1) is 0 Å². The van der Waals surface area contributed by atoms with Crippen molar-refractivity contribution in [3.63, 3.8) is 0 Å². The van der Waals surface area contributed by atoms with Crippen molar-refractivity contribution in [3.8, 4) is 0 Å². The average Bonchev–Trinajstić information content (AvgIpc) is 2.41. The van der Waals surface area contributed by atoms with Crippen molar-refractivity contribution in [2.45, 2.75) is 45.1 Å². The van der Waals surface area contributed by atoms with Gasteiger partial charge in [-0.3, -0.25) is 9.69 Å². The highest BCUT2D eigenvalue weighted by molar-refractivity contribution is 5.93. The maximum absolute atomic E-state index is 12.3. The molecule has 1 aliphatic rings. The fourth-order valence-corrected chi connectivity index (χ4v) is 2.75. The predicted molar refractivity (Wildman–Crippen MR) is 87.4 cm³/mol. The van der Waals surface area contributed by atoms with Crippen molar-refractivity contribution >= 4 is 11.6 Å². The van der Waals surface area contributed by atoms with Crippen molar-refractivity contribution in [1.29, 1.82) is 0 Å². The molecule has 0 unspecified atom stereocenters. The van der Waals surface area contributed by atoms with E-state index in [0.717, 1.165) is 31.6 Å². The lowest BCUT2D eigenvalue weighted by molar-refractivity contribution is -0.117. The molecule has 1 amide bonds. The first kappa shape index (κ1) is 16.0. The van der Waals surface area contributed by atoms with Crippen LogP contribution in [-0.4, -0.2) is 36.5 Å². The highest BCUT2D eigenvalue weighted by Gasteiger charge is 2.21. The van der Waals surface area contributed by atoms with Gasteiger partial charge in [-0.15, -0.1) is 0 Å². The van der Waals surface area contributed by atoms with Crippen molar-refractivity contribution in [1.82, 2.24) is 4.90 Å². The Bertz CT molecular complexity index is 485. The molecule has 0 saturated carbocycles. The van der Waals surface area contributed by atoms with Gasteiger partial charge in [-0.2, -0.15) is 0 Å². The summed E-state index contributed by atoms with van der Waals surface area (Å²) >= 11 is 0. The molecular formula is C17H27N3O. The number of carbonyl (C=O) groups excluding carboxylic acids is 1. The number of carbonyl (C=O) groups is 1. The molecule has 0 atom stereocenters. The van der Waals surface area contributed by atoms with Crippen LogP contribution in [0.15, 0.2) is 24.3 Å². The van der Waals surface area contributed by atoms with Crippen LogP contribution < -0.4 is 11.1 Å². The van der Waals surface area contributed by atoms with Gasteiger partial charge in [0.25, 0.3) is 0 Å². The summed E-state index contributed by atoms with van der Waals surface area (Å²) in [4.78, 5) is 14.4. The molecule has 21 heavy (non-hydrogen) atoms. The number of para-hydroxylation sites is 1. The molecule has 3 N–H and O–H groups in total. The van der Waals surface area contributed by atoms with E-state index in [4.69, 9.17) is 5.73 Å². The van der Waals surface area contributed by atoms with Crippen molar-refractivity contribution in [2.75, 3.05) is 25.0 Å². The van der Waals surface area contributed by atoms with Crippen LogP contribution in [0.1, 0.15) is 39.2 Å². The van der Waals surface area contributed by atoms with Crippen LogP contribution in [0.3, 0.4) is 0 Å². The number of nitrogens with one attached hydrogen (secondary N) is 1. The Morgan fingerprint density at radius 2 is 1.90 bits per heavy atom. The number of rotatable bonds is 3. The zero-order valence-electron chi connectivity index (χ0n) is 13.4. The molecule has 1 saturated heterocycles. The van der Waals surface area contributed by atoms with Gasteiger partial charge < -0.3 is 11.1 Å². The van der Waals surface area contributed by atoms with Crippen LogP contribution in [0.5, 0.6) is 0 Å². The molecular weight excluding hydrogens is 262 g/mol. The zero-order valence-corrected chi connectivity index (χ0v) is 13.4. The third kappa shape index (κ3) is 4.55. The topological polar surface area (TPSA) is 58.4 Å². The number of amides is 1. The average molecular weight is 289 g/mol. The van der Waals surface area contributed by atoms with E-state index in [9.17, 15) is 4.79 Å². The summed E-state index contributed by atoms with van der Waals surface area (Å²) < 4.78 is 0. The minimum Gasteiger partial charge on any atom is -0.328 e. The Kier molecular flexibility index (Phi) is 5.01. The number of benzene rings is 1. The number of nitrogens with two attached hydrogens (primary N) is 1. The molecule has 0 aliphatic carbocycles. The number of piperidine rings is 1.